The average molecular weight is 395 g/mol. The van der Waals surface area contributed by atoms with Crippen LogP contribution in [0.1, 0.15) is 87.8 Å². The lowest BCUT2D eigenvalue weighted by molar-refractivity contribution is -0.122. The van der Waals surface area contributed by atoms with Crippen LogP contribution in [0.4, 0.5) is 0 Å². The van der Waals surface area contributed by atoms with Crippen LogP contribution in [0, 0.1) is 13.8 Å². The summed E-state index contributed by atoms with van der Waals surface area (Å²) in [5, 5.41) is 6.89. The summed E-state index contributed by atoms with van der Waals surface area (Å²) in [5.41, 5.74) is 9.81. The molecule has 0 bridgehead atoms. The third-order valence-electron chi connectivity index (χ3n) is 5.92. The second-order valence-corrected chi connectivity index (χ2v) is 8.93. The molecule has 1 N–H and O–H groups in total. The predicted octanol–water partition coefficient (Wildman–Crippen LogP) is 7.44. The number of rotatable bonds is 2. The van der Waals surface area contributed by atoms with Crippen LogP contribution in [0.15, 0.2) is 43.0 Å². The topological polar surface area (TPSA) is 37.3 Å². The fourth-order valence-electron chi connectivity index (χ4n) is 3.96. The van der Waals surface area contributed by atoms with E-state index in [1.165, 1.54) is 46.2 Å². The van der Waals surface area contributed by atoms with Crippen LogP contribution < -0.4 is 0 Å². The number of hydrogen-bond acceptors (Lipinski definition) is 1. The summed E-state index contributed by atoms with van der Waals surface area (Å²) in [7, 11) is 0. The summed E-state index contributed by atoms with van der Waals surface area (Å²) < 4.78 is 0. The summed E-state index contributed by atoms with van der Waals surface area (Å²) in [6.07, 6.45) is 2.50. The monoisotopic (exact) mass is 394 g/mol. The first-order chi connectivity index (χ1) is 13.5. The van der Waals surface area contributed by atoms with Crippen LogP contribution in [0.5, 0.6) is 0 Å². The zero-order chi connectivity index (χ0) is 22.4. The van der Waals surface area contributed by atoms with Gasteiger partial charge in [-0.25, -0.2) is 0 Å². The van der Waals surface area contributed by atoms with Crippen molar-refractivity contribution in [2.75, 3.05) is 0 Å². The van der Waals surface area contributed by atoms with Crippen LogP contribution in [0.25, 0.3) is 5.57 Å². The molecule has 1 aliphatic carbocycles. The van der Waals surface area contributed by atoms with E-state index in [-0.39, 0.29) is 17.3 Å². The number of fused-ring (bicyclic) bond motifs is 1. The van der Waals surface area contributed by atoms with Gasteiger partial charge in [0.05, 0.1) is 0 Å². The van der Waals surface area contributed by atoms with Gasteiger partial charge >= 0.3 is 0 Å². The largest absolute Gasteiger partial charge is 0.483 e. The van der Waals surface area contributed by atoms with Crippen molar-refractivity contribution in [1.29, 1.82) is 0 Å². The van der Waals surface area contributed by atoms with E-state index in [1.807, 2.05) is 13.8 Å². The van der Waals surface area contributed by atoms with E-state index in [9.17, 15) is 0 Å². The molecule has 1 aliphatic rings. The second kappa shape index (κ2) is 9.91. The molecular formula is C27H38O2. The molecule has 2 nitrogen and oxygen atoms in total. The van der Waals surface area contributed by atoms with Gasteiger partial charge in [-0.2, -0.15) is 0 Å². The third kappa shape index (κ3) is 5.59. The molecule has 29 heavy (non-hydrogen) atoms. The van der Waals surface area contributed by atoms with Crippen LogP contribution in [-0.4, -0.2) is 11.6 Å². The van der Waals surface area contributed by atoms with E-state index in [1.54, 1.807) is 0 Å². The van der Waals surface area contributed by atoms with Crippen LogP contribution in [-0.2, 0) is 15.6 Å². The molecule has 2 aromatic rings. The maximum Gasteiger partial charge on any atom is 0.290 e. The van der Waals surface area contributed by atoms with Crippen LogP contribution in [0.2, 0.25) is 0 Å². The molecule has 0 spiro atoms. The van der Waals surface area contributed by atoms with Crippen molar-refractivity contribution in [2.24, 2.45) is 0 Å². The van der Waals surface area contributed by atoms with Gasteiger partial charge in [0.15, 0.2) is 0 Å². The first-order valence-corrected chi connectivity index (χ1v) is 10.5. The quantitative estimate of drug-likeness (QED) is 0.537. The molecule has 0 aromatic heterocycles. The zero-order valence-corrected chi connectivity index (χ0v) is 19.5. The fraction of sp³-hybridized carbons (Fsp3) is 0.444. The van der Waals surface area contributed by atoms with Gasteiger partial charge in [0.25, 0.3) is 6.47 Å². The number of benzene rings is 2. The summed E-state index contributed by atoms with van der Waals surface area (Å²) >= 11 is 0. The van der Waals surface area contributed by atoms with Gasteiger partial charge in [0, 0.05) is 0 Å². The molecular weight excluding hydrogens is 356 g/mol. The number of carbonyl (C=O) groups is 1. The van der Waals surface area contributed by atoms with E-state index >= 15 is 0 Å². The van der Waals surface area contributed by atoms with Crippen molar-refractivity contribution in [3.63, 3.8) is 0 Å². The maximum atomic E-state index is 8.36. The minimum Gasteiger partial charge on any atom is -0.483 e. The van der Waals surface area contributed by atoms with E-state index in [2.05, 4.69) is 84.5 Å². The Kier molecular flexibility index (Phi) is 8.44. The number of aryl methyl sites for hydroxylation is 2. The van der Waals surface area contributed by atoms with Crippen molar-refractivity contribution in [3.05, 3.63) is 76.4 Å². The number of carboxylic acid groups (broad SMARTS) is 1. The molecule has 0 heterocycles. The van der Waals surface area contributed by atoms with E-state index < -0.39 is 0 Å². The fourth-order valence-corrected chi connectivity index (χ4v) is 3.96. The van der Waals surface area contributed by atoms with Gasteiger partial charge < -0.3 is 5.11 Å². The molecule has 158 valence electrons. The standard InChI is InChI=1S/C24H30.C2H6.CH2O2/c1-16-8-10-19(11-9-16)18(3)20-15-22-21(14-17(20)2)23(4,5)12-13-24(22,6)7;1-2;2-1-3/h8-11,14-15H,3,12-13H2,1-2,4-7H3;1-2H3;1H,(H,2,3). The summed E-state index contributed by atoms with van der Waals surface area (Å²) in [4.78, 5) is 8.36. The second-order valence-electron chi connectivity index (χ2n) is 8.93. The minimum absolute atomic E-state index is 0.237. The minimum atomic E-state index is -0.250. The Labute approximate surface area is 177 Å². The molecule has 0 saturated heterocycles. The Morgan fingerprint density at radius 2 is 1.34 bits per heavy atom. The van der Waals surface area contributed by atoms with Crippen molar-refractivity contribution >= 4 is 12.0 Å². The first kappa shape index (κ1) is 24.7. The maximum absolute atomic E-state index is 8.36. The highest BCUT2D eigenvalue weighted by molar-refractivity contribution is 5.80. The molecule has 0 saturated carbocycles. The predicted molar refractivity (Wildman–Crippen MR) is 126 cm³/mol. The van der Waals surface area contributed by atoms with Crippen molar-refractivity contribution in [3.8, 4) is 0 Å². The Balaban J connectivity index is 0.000000771. The molecule has 3 rings (SSSR count). The van der Waals surface area contributed by atoms with Gasteiger partial charge in [0.2, 0.25) is 0 Å². The lowest BCUT2D eigenvalue weighted by atomic mass is 9.62. The molecule has 0 fully saturated rings. The smallest absolute Gasteiger partial charge is 0.290 e. The Morgan fingerprint density at radius 1 is 0.931 bits per heavy atom. The SMILES string of the molecule is C=C(c1ccc(C)cc1)c1cc2c(cc1C)C(C)(C)CCC2(C)C.CC.O=CO. The summed E-state index contributed by atoms with van der Waals surface area (Å²) in [6.45, 7) is 22.1. The van der Waals surface area contributed by atoms with Crippen molar-refractivity contribution in [1.82, 2.24) is 0 Å². The van der Waals surface area contributed by atoms with Gasteiger partial charge in [-0.1, -0.05) is 90.1 Å². The van der Waals surface area contributed by atoms with Crippen molar-refractivity contribution < 1.29 is 9.90 Å². The van der Waals surface area contributed by atoms with E-state index in [4.69, 9.17) is 9.90 Å². The lowest BCUT2D eigenvalue weighted by Gasteiger charge is -2.42. The Morgan fingerprint density at radius 3 is 1.79 bits per heavy atom. The summed E-state index contributed by atoms with van der Waals surface area (Å²) in [6, 6.07) is 13.6. The molecule has 0 unspecified atom stereocenters. The number of hydrogen-bond donors (Lipinski definition) is 1. The summed E-state index contributed by atoms with van der Waals surface area (Å²) in [5.74, 6) is 0. The molecule has 0 amide bonds. The molecule has 0 aliphatic heterocycles. The van der Waals surface area contributed by atoms with E-state index in [0.717, 1.165) is 5.57 Å². The third-order valence-corrected chi connectivity index (χ3v) is 5.92. The van der Waals surface area contributed by atoms with Gasteiger partial charge in [0.1, 0.15) is 0 Å². The Hall–Kier alpha value is -2.35. The average Bonchev–Trinajstić information content (AvgIpc) is 2.68. The van der Waals surface area contributed by atoms with Gasteiger partial charge in [-0.15, -0.1) is 0 Å². The van der Waals surface area contributed by atoms with Crippen LogP contribution >= 0.6 is 0 Å². The van der Waals surface area contributed by atoms with Gasteiger partial charge in [-0.3, -0.25) is 4.79 Å². The zero-order valence-electron chi connectivity index (χ0n) is 19.5. The normalized spacial score (nSPS) is 15.6. The lowest BCUT2D eigenvalue weighted by Crippen LogP contribution is -2.34. The van der Waals surface area contributed by atoms with E-state index in [0.29, 0.717) is 0 Å². The van der Waals surface area contributed by atoms with Gasteiger partial charge in [-0.05, 0) is 70.9 Å². The molecule has 2 aromatic carbocycles. The highest BCUT2D eigenvalue weighted by Crippen LogP contribution is 2.47. The Bertz CT molecular complexity index is 840. The van der Waals surface area contributed by atoms with Crippen molar-refractivity contribution in [2.45, 2.75) is 79.1 Å². The molecule has 0 radical (unpaired) electrons. The first-order valence-electron chi connectivity index (χ1n) is 10.5. The molecule has 0 atom stereocenters. The highest BCUT2D eigenvalue weighted by atomic mass is 16.3. The molecule has 2 heteroatoms. The highest BCUT2D eigenvalue weighted by Gasteiger charge is 2.37. The van der Waals surface area contributed by atoms with Crippen LogP contribution in [0.3, 0.4) is 0 Å².